The van der Waals surface area contributed by atoms with Gasteiger partial charge < -0.3 is 20.1 Å². The van der Waals surface area contributed by atoms with Crippen molar-refractivity contribution in [1.82, 2.24) is 0 Å². The Morgan fingerprint density at radius 2 is 1.38 bits per heavy atom. The molecule has 1 heterocycles. The van der Waals surface area contributed by atoms with E-state index in [0.29, 0.717) is 42.3 Å². The summed E-state index contributed by atoms with van der Waals surface area (Å²) in [5.41, 5.74) is 1.05. The van der Waals surface area contributed by atoms with Gasteiger partial charge in [0, 0.05) is 0 Å². The number of hydrogen-bond acceptors (Lipinski definition) is 4. The van der Waals surface area contributed by atoms with Gasteiger partial charge in [0.05, 0.1) is 30.5 Å². The fourth-order valence-electron chi connectivity index (χ4n) is 8.28. The molecule has 3 aliphatic rings. The van der Waals surface area contributed by atoms with E-state index in [2.05, 4.69) is 26.8 Å². The molecule has 0 radical (unpaired) electrons. The molecule has 0 spiro atoms. The van der Waals surface area contributed by atoms with Gasteiger partial charge in [-0.3, -0.25) is 0 Å². The van der Waals surface area contributed by atoms with E-state index < -0.39 is 0 Å². The van der Waals surface area contributed by atoms with Gasteiger partial charge in [-0.05, 0) is 93.5 Å². The standard InChI is InChI=1S/C38H70O4/c1-4-5-6-7-8-9-14-17-20-35(40)31-21-22-32(27-31)38-24-23-37(42-38)30(3)18-15-12-10-11-13-16-19-34(39)28-33-25-29(2)26-36(33)41/h25,29-32,34-41H,4-24,26-28H2,1-3H3/t29?,30-,31?,32+,34?,35?,36?,37-,38?/m1/s1. The number of allylic oxidation sites excluding steroid dienone is 1. The van der Waals surface area contributed by atoms with Crippen LogP contribution in [0.4, 0.5) is 0 Å². The van der Waals surface area contributed by atoms with Gasteiger partial charge in [-0.15, -0.1) is 0 Å². The fraction of sp³-hybridized carbons (Fsp3) is 0.947. The van der Waals surface area contributed by atoms with E-state index in [4.69, 9.17) is 4.74 Å². The third-order valence-electron chi connectivity index (χ3n) is 11.1. The summed E-state index contributed by atoms with van der Waals surface area (Å²) in [6.45, 7) is 6.81. The van der Waals surface area contributed by atoms with Gasteiger partial charge in [-0.2, -0.15) is 0 Å². The molecule has 1 aliphatic heterocycles. The van der Waals surface area contributed by atoms with Crippen LogP contribution in [0.2, 0.25) is 0 Å². The first-order chi connectivity index (χ1) is 20.4. The maximum atomic E-state index is 10.8. The topological polar surface area (TPSA) is 69.9 Å². The smallest absolute Gasteiger partial charge is 0.0756 e. The molecular weight excluding hydrogens is 520 g/mol. The van der Waals surface area contributed by atoms with Crippen molar-refractivity contribution in [2.75, 3.05) is 0 Å². The molecule has 4 heteroatoms. The van der Waals surface area contributed by atoms with E-state index in [1.807, 2.05) is 0 Å². The van der Waals surface area contributed by atoms with Crippen molar-refractivity contribution in [2.24, 2.45) is 23.7 Å². The van der Waals surface area contributed by atoms with Crippen LogP contribution in [0.5, 0.6) is 0 Å². The average Bonchev–Trinajstić information content (AvgIpc) is 3.72. The number of hydrogen-bond donors (Lipinski definition) is 3. The molecule has 6 unspecified atom stereocenters. The highest BCUT2D eigenvalue weighted by Crippen LogP contribution is 2.42. The summed E-state index contributed by atoms with van der Waals surface area (Å²) in [5.74, 6) is 2.27. The summed E-state index contributed by atoms with van der Waals surface area (Å²) in [4.78, 5) is 0. The molecular formula is C38H70O4. The molecule has 0 aromatic heterocycles. The van der Waals surface area contributed by atoms with Gasteiger partial charge in [0.2, 0.25) is 0 Å². The number of ether oxygens (including phenoxy) is 1. The second-order valence-corrected chi connectivity index (χ2v) is 15.0. The molecule has 9 atom stereocenters. The van der Waals surface area contributed by atoms with Crippen molar-refractivity contribution in [1.29, 1.82) is 0 Å². The predicted octanol–water partition coefficient (Wildman–Crippen LogP) is 9.68. The predicted molar refractivity (Wildman–Crippen MR) is 177 cm³/mol. The summed E-state index contributed by atoms with van der Waals surface area (Å²) < 4.78 is 6.66. The van der Waals surface area contributed by atoms with E-state index in [1.54, 1.807) is 0 Å². The Morgan fingerprint density at radius 1 is 0.762 bits per heavy atom. The van der Waals surface area contributed by atoms with Crippen LogP contribution >= 0.6 is 0 Å². The zero-order chi connectivity index (χ0) is 30.2. The van der Waals surface area contributed by atoms with Gasteiger partial charge in [-0.1, -0.05) is 117 Å². The van der Waals surface area contributed by atoms with Crippen molar-refractivity contribution in [2.45, 2.75) is 205 Å². The molecule has 1 saturated carbocycles. The maximum absolute atomic E-state index is 10.8. The van der Waals surface area contributed by atoms with E-state index in [-0.39, 0.29) is 18.3 Å². The lowest BCUT2D eigenvalue weighted by atomic mass is 9.91. The molecule has 0 aromatic carbocycles. The van der Waals surface area contributed by atoms with Gasteiger partial charge in [0.1, 0.15) is 0 Å². The Labute approximate surface area is 260 Å². The molecule has 0 aromatic rings. The Morgan fingerprint density at radius 3 is 2.02 bits per heavy atom. The molecule has 4 nitrogen and oxygen atoms in total. The lowest BCUT2D eigenvalue weighted by Crippen LogP contribution is -2.24. The molecule has 246 valence electrons. The van der Waals surface area contributed by atoms with Gasteiger partial charge in [-0.25, -0.2) is 0 Å². The largest absolute Gasteiger partial charge is 0.393 e. The molecule has 2 fully saturated rings. The second-order valence-electron chi connectivity index (χ2n) is 15.0. The molecule has 42 heavy (non-hydrogen) atoms. The number of aliphatic hydroxyl groups excluding tert-OH is 3. The maximum Gasteiger partial charge on any atom is 0.0756 e. The molecule has 0 bridgehead atoms. The molecule has 0 amide bonds. The van der Waals surface area contributed by atoms with Crippen LogP contribution in [0.15, 0.2) is 11.6 Å². The SMILES string of the molecule is CCCCCCCCCCC(O)C1CC[C@H](C2CC[C@H]([C@H](C)CCCCCCCCC(O)CC3=CC(C)CC3O)O2)C1. The Kier molecular flexibility index (Phi) is 17.7. The van der Waals surface area contributed by atoms with Crippen LogP contribution in [-0.2, 0) is 4.74 Å². The quantitative estimate of drug-likeness (QED) is 0.0818. The minimum Gasteiger partial charge on any atom is -0.393 e. The number of rotatable bonds is 23. The van der Waals surface area contributed by atoms with Crippen LogP contribution in [-0.4, -0.2) is 45.8 Å². The second kappa shape index (κ2) is 20.6. The number of unbranched alkanes of at least 4 members (excludes halogenated alkanes) is 12. The van der Waals surface area contributed by atoms with Gasteiger partial charge in [0.15, 0.2) is 0 Å². The van der Waals surface area contributed by atoms with Crippen molar-refractivity contribution in [3.63, 3.8) is 0 Å². The van der Waals surface area contributed by atoms with E-state index >= 15 is 0 Å². The minimum absolute atomic E-state index is 0.0937. The Hall–Kier alpha value is -0.420. The lowest BCUT2D eigenvalue weighted by molar-refractivity contribution is -0.0166. The highest BCUT2D eigenvalue weighted by molar-refractivity contribution is 5.16. The lowest BCUT2D eigenvalue weighted by Gasteiger charge is -2.24. The molecule has 3 N–H and O–H groups in total. The van der Waals surface area contributed by atoms with Crippen molar-refractivity contribution in [3.8, 4) is 0 Å². The zero-order valence-corrected chi connectivity index (χ0v) is 28.0. The summed E-state index contributed by atoms with van der Waals surface area (Å²) >= 11 is 0. The van der Waals surface area contributed by atoms with E-state index in [1.165, 1.54) is 122 Å². The number of aliphatic hydroxyl groups is 3. The summed E-state index contributed by atoms with van der Waals surface area (Å²) in [6.07, 6.45) is 31.1. The van der Waals surface area contributed by atoms with Gasteiger partial charge in [0.25, 0.3) is 0 Å². The van der Waals surface area contributed by atoms with Gasteiger partial charge >= 0.3 is 0 Å². The summed E-state index contributed by atoms with van der Waals surface area (Å²) in [6, 6.07) is 0. The zero-order valence-electron chi connectivity index (χ0n) is 28.0. The normalized spacial score (nSPS) is 30.1. The third kappa shape index (κ3) is 13.3. The first-order valence-electron chi connectivity index (χ1n) is 18.8. The summed E-state index contributed by atoms with van der Waals surface area (Å²) in [5, 5.41) is 31.2. The van der Waals surface area contributed by atoms with Crippen LogP contribution < -0.4 is 0 Å². The van der Waals surface area contributed by atoms with Crippen LogP contribution in [0, 0.1) is 23.7 Å². The average molecular weight is 591 g/mol. The van der Waals surface area contributed by atoms with Crippen LogP contribution in [0.25, 0.3) is 0 Å². The fourth-order valence-corrected chi connectivity index (χ4v) is 8.28. The Bertz CT molecular complexity index is 722. The van der Waals surface area contributed by atoms with E-state index in [0.717, 1.165) is 31.3 Å². The highest BCUT2D eigenvalue weighted by atomic mass is 16.5. The van der Waals surface area contributed by atoms with Crippen molar-refractivity contribution >= 4 is 0 Å². The van der Waals surface area contributed by atoms with Crippen LogP contribution in [0.1, 0.15) is 175 Å². The minimum atomic E-state index is -0.333. The third-order valence-corrected chi connectivity index (χ3v) is 11.1. The highest BCUT2D eigenvalue weighted by Gasteiger charge is 2.39. The van der Waals surface area contributed by atoms with Crippen LogP contribution in [0.3, 0.4) is 0 Å². The molecule has 3 rings (SSSR count). The first kappa shape index (κ1) is 36.1. The van der Waals surface area contributed by atoms with Crippen molar-refractivity contribution < 1.29 is 20.1 Å². The van der Waals surface area contributed by atoms with Crippen molar-refractivity contribution in [3.05, 3.63) is 11.6 Å². The first-order valence-corrected chi connectivity index (χ1v) is 18.8. The molecule has 2 aliphatic carbocycles. The molecule has 1 saturated heterocycles. The Balaban J connectivity index is 1.16. The summed E-state index contributed by atoms with van der Waals surface area (Å²) in [7, 11) is 0. The monoisotopic (exact) mass is 591 g/mol. The van der Waals surface area contributed by atoms with E-state index in [9.17, 15) is 15.3 Å².